The molecule has 16 heavy (non-hydrogen) atoms. The zero-order chi connectivity index (χ0) is 11.8. The average molecular weight is 224 g/mol. The molecule has 0 aromatic heterocycles. The van der Waals surface area contributed by atoms with Crippen molar-refractivity contribution in [3.05, 3.63) is 35.9 Å². The Hall–Kier alpha value is -0.940. The van der Waals surface area contributed by atoms with Crippen molar-refractivity contribution in [2.45, 2.75) is 30.8 Å². The van der Waals surface area contributed by atoms with Crippen LogP contribution in [0.4, 0.5) is 0 Å². The van der Waals surface area contributed by atoms with Crippen LogP contribution in [0, 0.1) is 0 Å². The molecule has 0 spiro atoms. The Kier molecular flexibility index (Phi) is 2.99. The fraction of sp³-hybridized carbons (Fsp3) is 0.500. The lowest BCUT2D eigenvalue weighted by molar-refractivity contribution is -0.243. The van der Waals surface area contributed by atoms with Crippen molar-refractivity contribution >= 4 is 0 Å². The zero-order valence-corrected chi connectivity index (χ0v) is 9.08. The fourth-order valence-corrected chi connectivity index (χ4v) is 2.11. The first-order chi connectivity index (χ1) is 7.56. The van der Waals surface area contributed by atoms with Crippen molar-refractivity contribution in [3.8, 4) is 0 Å². The Labute approximate surface area is 94.1 Å². The van der Waals surface area contributed by atoms with Crippen LogP contribution in [0.3, 0.4) is 0 Å². The van der Waals surface area contributed by atoms with Gasteiger partial charge in [0.05, 0.1) is 12.7 Å². The van der Waals surface area contributed by atoms with Crippen molar-refractivity contribution in [3.63, 3.8) is 0 Å². The normalized spacial score (nSPS) is 39.6. The number of aliphatic hydroxyl groups is 3. The molecule has 1 heterocycles. The third kappa shape index (κ3) is 1.64. The molecule has 1 aliphatic rings. The molecule has 0 amide bonds. The molecule has 1 aromatic carbocycles. The summed E-state index contributed by atoms with van der Waals surface area (Å²) in [5, 5.41) is 30.0. The molecule has 4 atom stereocenters. The van der Waals surface area contributed by atoms with Gasteiger partial charge in [0, 0.05) is 0 Å². The molecular weight excluding hydrogens is 208 g/mol. The van der Waals surface area contributed by atoms with E-state index in [2.05, 4.69) is 0 Å². The Morgan fingerprint density at radius 2 is 1.88 bits per heavy atom. The van der Waals surface area contributed by atoms with Gasteiger partial charge < -0.3 is 20.1 Å². The number of rotatable bonds is 1. The van der Waals surface area contributed by atoms with Crippen molar-refractivity contribution in [1.82, 2.24) is 0 Å². The van der Waals surface area contributed by atoms with E-state index >= 15 is 0 Å². The number of hydrogen-bond donors (Lipinski definition) is 3. The van der Waals surface area contributed by atoms with Crippen molar-refractivity contribution in [1.29, 1.82) is 0 Å². The van der Waals surface area contributed by atoms with Crippen molar-refractivity contribution in [2.24, 2.45) is 0 Å². The predicted octanol–water partition coefficient (Wildman–Crippen LogP) is 0.0147. The summed E-state index contributed by atoms with van der Waals surface area (Å²) in [7, 11) is 0. The lowest BCUT2D eigenvalue weighted by Gasteiger charge is -2.44. The molecule has 1 fully saturated rings. The van der Waals surface area contributed by atoms with Gasteiger partial charge in [-0.2, -0.15) is 0 Å². The van der Waals surface area contributed by atoms with Crippen LogP contribution in [0.25, 0.3) is 0 Å². The summed E-state index contributed by atoms with van der Waals surface area (Å²) in [5.41, 5.74) is -1.01. The monoisotopic (exact) mass is 224 g/mol. The standard InChI is InChI=1S/C12H16O4/c1-8-12(15,9-5-3-2-4-6-9)11(14)10(13)7-16-8/h2-6,8,10-11,13-15H,7H2,1H3/t8?,10?,11?,12-/m0/s1. The molecule has 3 unspecified atom stereocenters. The molecule has 0 radical (unpaired) electrons. The van der Waals surface area contributed by atoms with E-state index in [0.717, 1.165) is 0 Å². The van der Waals surface area contributed by atoms with Crippen LogP contribution in [0.2, 0.25) is 0 Å². The summed E-state index contributed by atoms with van der Waals surface area (Å²) in [6.45, 7) is 1.72. The molecule has 1 aliphatic heterocycles. The Morgan fingerprint density at radius 1 is 1.25 bits per heavy atom. The van der Waals surface area contributed by atoms with Gasteiger partial charge >= 0.3 is 0 Å². The van der Waals surface area contributed by atoms with Gasteiger partial charge in [0.2, 0.25) is 0 Å². The fourth-order valence-electron chi connectivity index (χ4n) is 2.11. The van der Waals surface area contributed by atoms with Crippen LogP contribution in [0.1, 0.15) is 12.5 Å². The average Bonchev–Trinajstić information content (AvgIpc) is 2.33. The highest BCUT2D eigenvalue weighted by atomic mass is 16.5. The van der Waals surface area contributed by atoms with Crippen LogP contribution in [-0.4, -0.2) is 40.2 Å². The third-order valence-corrected chi connectivity index (χ3v) is 3.19. The largest absolute Gasteiger partial charge is 0.388 e. The van der Waals surface area contributed by atoms with Crippen LogP contribution in [-0.2, 0) is 10.3 Å². The number of ether oxygens (including phenoxy) is 1. The zero-order valence-electron chi connectivity index (χ0n) is 9.08. The number of aliphatic hydroxyl groups excluding tert-OH is 2. The first-order valence-corrected chi connectivity index (χ1v) is 5.32. The molecule has 88 valence electrons. The minimum atomic E-state index is -1.56. The highest BCUT2D eigenvalue weighted by Crippen LogP contribution is 2.35. The van der Waals surface area contributed by atoms with Crippen LogP contribution in [0.5, 0.6) is 0 Å². The highest BCUT2D eigenvalue weighted by Gasteiger charge is 2.50. The smallest absolute Gasteiger partial charge is 0.144 e. The molecule has 0 bridgehead atoms. The van der Waals surface area contributed by atoms with Gasteiger partial charge in [0.15, 0.2) is 0 Å². The van der Waals surface area contributed by atoms with Crippen LogP contribution >= 0.6 is 0 Å². The van der Waals surface area contributed by atoms with E-state index in [1.807, 2.05) is 6.07 Å². The van der Waals surface area contributed by atoms with Crippen molar-refractivity contribution in [2.75, 3.05) is 6.61 Å². The van der Waals surface area contributed by atoms with E-state index in [9.17, 15) is 15.3 Å². The molecule has 4 heteroatoms. The molecule has 1 aromatic rings. The lowest BCUT2D eigenvalue weighted by atomic mass is 9.80. The molecule has 2 rings (SSSR count). The maximum absolute atomic E-state index is 10.5. The summed E-state index contributed by atoms with van der Waals surface area (Å²) in [6, 6.07) is 8.79. The van der Waals surface area contributed by atoms with E-state index in [4.69, 9.17) is 4.74 Å². The number of hydrogen-bond acceptors (Lipinski definition) is 4. The Balaban J connectivity index is 2.41. The quantitative estimate of drug-likeness (QED) is 0.628. The first-order valence-electron chi connectivity index (χ1n) is 5.32. The molecule has 3 N–H and O–H groups in total. The van der Waals surface area contributed by atoms with Crippen molar-refractivity contribution < 1.29 is 20.1 Å². The van der Waals surface area contributed by atoms with Gasteiger partial charge in [-0.25, -0.2) is 0 Å². The lowest BCUT2D eigenvalue weighted by Crippen LogP contribution is -2.59. The summed E-state index contributed by atoms with van der Waals surface area (Å²) >= 11 is 0. The van der Waals surface area contributed by atoms with Crippen LogP contribution in [0.15, 0.2) is 30.3 Å². The summed E-state index contributed by atoms with van der Waals surface area (Å²) in [5.74, 6) is 0. The first kappa shape index (κ1) is 11.5. The van der Waals surface area contributed by atoms with Gasteiger partial charge in [0.25, 0.3) is 0 Å². The third-order valence-electron chi connectivity index (χ3n) is 3.19. The van der Waals surface area contributed by atoms with E-state index in [-0.39, 0.29) is 6.61 Å². The predicted molar refractivity (Wildman–Crippen MR) is 57.8 cm³/mol. The van der Waals surface area contributed by atoms with Gasteiger partial charge in [-0.15, -0.1) is 0 Å². The summed E-state index contributed by atoms with van der Waals surface area (Å²) in [4.78, 5) is 0. The van der Waals surface area contributed by atoms with Gasteiger partial charge in [-0.1, -0.05) is 30.3 Å². The minimum Gasteiger partial charge on any atom is -0.388 e. The summed E-state index contributed by atoms with van der Waals surface area (Å²) in [6.07, 6.45) is -2.87. The molecule has 4 nitrogen and oxygen atoms in total. The summed E-state index contributed by atoms with van der Waals surface area (Å²) < 4.78 is 5.27. The maximum atomic E-state index is 10.5. The Bertz CT molecular complexity index is 353. The van der Waals surface area contributed by atoms with E-state index in [1.54, 1.807) is 31.2 Å². The highest BCUT2D eigenvalue weighted by molar-refractivity contribution is 5.26. The maximum Gasteiger partial charge on any atom is 0.144 e. The van der Waals surface area contributed by atoms with Crippen LogP contribution < -0.4 is 0 Å². The van der Waals surface area contributed by atoms with E-state index < -0.39 is 23.9 Å². The minimum absolute atomic E-state index is 0.0392. The second-order valence-electron chi connectivity index (χ2n) is 4.18. The molecule has 0 saturated carbocycles. The second kappa shape index (κ2) is 4.14. The van der Waals surface area contributed by atoms with Gasteiger partial charge in [-0.3, -0.25) is 0 Å². The van der Waals surface area contributed by atoms with Gasteiger partial charge in [-0.05, 0) is 12.5 Å². The topological polar surface area (TPSA) is 69.9 Å². The number of benzene rings is 1. The van der Waals surface area contributed by atoms with E-state index in [1.165, 1.54) is 0 Å². The Morgan fingerprint density at radius 3 is 2.50 bits per heavy atom. The van der Waals surface area contributed by atoms with Gasteiger partial charge in [0.1, 0.15) is 17.8 Å². The molecule has 1 saturated heterocycles. The molecule has 0 aliphatic carbocycles. The second-order valence-corrected chi connectivity index (χ2v) is 4.18. The SMILES string of the molecule is CC1OCC(O)C(O)[C@@]1(O)c1ccccc1. The molecular formula is C12H16O4. The van der Waals surface area contributed by atoms with E-state index in [0.29, 0.717) is 5.56 Å².